The van der Waals surface area contributed by atoms with E-state index in [4.69, 9.17) is 80.5 Å². The van der Waals surface area contributed by atoms with Crippen molar-refractivity contribution in [1.82, 2.24) is 13.7 Å². The van der Waals surface area contributed by atoms with Crippen LogP contribution in [0.4, 0.5) is 0 Å². The Morgan fingerprint density at radius 3 is 0.436 bits per heavy atom. The number of nitrogens with zero attached hydrogens (tertiary/aromatic N) is 3. The number of esters is 16. The van der Waals surface area contributed by atoms with Gasteiger partial charge in [0, 0.05) is 103 Å². The van der Waals surface area contributed by atoms with E-state index in [1.807, 2.05) is 6.92 Å². The molecule has 0 unspecified atom stereocenters. The largest absolute Gasteiger partial charge is 0.465 e. The summed E-state index contributed by atoms with van der Waals surface area (Å²) in [5.74, 6) is -7.56. The van der Waals surface area contributed by atoms with Crippen molar-refractivity contribution in [2.45, 2.75) is 246 Å². The first kappa shape index (κ1) is 111. The fourth-order valence-electron chi connectivity index (χ4n) is 8.34. The molecule has 1 aromatic rings. The Morgan fingerprint density at radius 1 is 0.188 bits per heavy atom. The molecule has 0 amide bonds. The molecule has 0 aromatic carbocycles. The van der Waals surface area contributed by atoms with Crippen LogP contribution in [0.3, 0.4) is 0 Å². The molecule has 0 radical (unpaired) electrons. The monoisotopic (exact) mass is 1680 g/mol. The van der Waals surface area contributed by atoms with Crippen LogP contribution >= 0.6 is 0 Å². The second kappa shape index (κ2) is 64.0. The highest BCUT2D eigenvalue weighted by atomic mass is 16.6. The predicted octanol–water partition coefficient (Wildman–Crippen LogP) is 5.75. The summed E-state index contributed by atoms with van der Waals surface area (Å²) in [6.45, 7) is 23.4. The SMILES string of the molecule is CCC(=O)OCC(CC)(COC(=O)CC)COC(=O)CC.CCC(=O)OCC(COC(=O)CC)(COC(=O)CC)COC(=O)CC.CCC(=O)OCC(COCC(COC(=O)CC)(COC(=O)CC)COC(=O)CC)(COC(=O)CC)COC(=O)CC.CCC(=O)OCCn1c(=O)n(CCOC(=O)CC)c(=O)n(CCOC(=O)CC)c1=O. The smallest absolute Gasteiger partial charge is 0.336 e. The van der Waals surface area contributed by atoms with E-state index < -0.39 is 116 Å². The topological polar surface area (TPSA) is 496 Å². The van der Waals surface area contributed by atoms with Crippen LogP contribution in [0.25, 0.3) is 0 Å². The number of rotatable bonds is 56. The fourth-order valence-corrected chi connectivity index (χ4v) is 8.34. The molecular formula is C78H127N3O36. The Kier molecular flexibility index (Phi) is 60.8. The molecule has 0 N–H and O–H groups in total. The van der Waals surface area contributed by atoms with Gasteiger partial charge in [-0.3, -0.25) is 76.7 Å². The molecule has 0 aliphatic rings. The zero-order valence-corrected chi connectivity index (χ0v) is 71.4. The van der Waals surface area contributed by atoms with Gasteiger partial charge in [-0.2, -0.15) is 0 Å². The van der Waals surface area contributed by atoms with Crippen molar-refractivity contribution >= 4 is 95.5 Å². The summed E-state index contributed by atoms with van der Waals surface area (Å²) in [6, 6.07) is 0. The molecule has 670 valence electrons. The van der Waals surface area contributed by atoms with E-state index in [1.54, 1.807) is 111 Å². The average molecular weight is 1680 g/mol. The minimum absolute atomic E-state index is 0.0597. The lowest BCUT2D eigenvalue weighted by molar-refractivity contribution is -0.177. The normalized spacial score (nSPS) is 10.9. The predicted molar refractivity (Wildman–Crippen MR) is 410 cm³/mol. The summed E-state index contributed by atoms with van der Waals surface area (Å²) in [6.07, 6.45) is 2.87. The lowest BCUT2D eigenvalue weighted by Gasteiger charge is -2.35. The van der Waals surface area contributed by atoms with Crippen molar-refractivity contribution in [3.05, 3.63) is 31.5 Å². The van der Waals surface area contributed by atoms with Gasteiger partial charge < -0.3 is 80.5 Å². The molecule has 39 nitrogen and oxygen atoms in total. The molecule has 39 heteroatoms. The summed E-state index contributed by atoms with van der Waals surface area (Å²) >= 11 is 0. The highest BCUT2D eigenvalue weighted by Crippen LogP contribution is 2.28. The Morgan fingerprint density at radius 2 is 0.308 bits per heavy atom. The molecule has 1 heterocycles. The van der Waals surface area contributed by atoms with Gasteiger partial charge in [0.2, 0.25) is 0 Å². The summed E-state index contributed by atoms with van der Waals surface area (Å²) in [5, 5.41) is 0. The first-order chi connectivity index (χ1) is 55.4. The third kappa shape index (κ3) is 48.9. The van der Waals surface area contributed by atoms with Gasteiger partial charge in [0.05, 0.1) is 49.1 Å². The van der Waals surface area contributed by atoms with Gasteiger partial charge in [0.15, 0.2) is 0 Å². The highest BCUT2D eigenvalue weighted by Gasteiger charge is 2.42. The van der Waals surface area contributed by atoms with Crippen molar-refractivity contribution in [3.8, 4) is 0 Å². The average Bonchev–Trinajstić information content (AvgIpc) is 0.784. The van der Waals surface area contributed by atoms with Crippen molar-refractivity contribution in [2.75, 3.05) is 119 Å². The van der Waals surface area contributed by atoms with Gasteiger partial charge in [0.25, 0.3) is 0 Å². The van der Waals surface area contributed by atoms with Gasteiger partial charge in [-0.1, -0.05) is 118 Å². The lowest BCUT2D eigenvalue weighted by Crippen LogP contribution is -2.55. The molecule has 1 aromatic heterocycles. The Labute approximate surface area is 682 Å². The van der Waals surface area contributed by atoms with Gasteiger partial charge in [-0.15, -0.1) is 0 Å². The number of hydrogen-bond acceptors (Lipinski definition) is 36. The van der Waals surface area contributed by atoms with Gasteiger partial charge >= 0.3 is 113 Å². The molecule has 0 saturated heterocycles. The Balaban J connectivity index is -0.00000153. The van der Waals surface area contributed by atoms with Crippen LogP contribution in [0.1, 0.15) is 227 Å². The van der Waals surface area contributed by atoms with Crippen LogP contribution in [0.2, 0.25) is 0 Å². The van der Waals surface area contributed by atoms with Gasteiger partial charge in [-0.25, -0.2) is 28.1 Å². The van der Waals surface area contributed by atoms with Crippen molar-refractivity contribution in [2.24, 2.45) is 21.7 Å². The lowest BCUT2D eigenvalue weighted by atomic mass is 9.88. The molecule has 117 heavy (non-hydrogen) atoms. The van der Waals surface area contributed by atoms with E-state index in [0.29, 0.717) is 6.42 Å². The second-order valence-electron chi connectivity index (χ2n) is 26.1. The van der Waals surface area contributed by atoms with Crippen molar-refractivity contribution in [3.63, 3.8) is 0 Å². The van der Waals surface area contributed by atoms with Crippen LogP contribution in [0.15, 0.2) is 14.4 Å². The van der Waals surface area contributed by atoms with Crippen LogP contribution < -0.4 is 17.1 Å². The van der Waals surface area contributed by atoms with E-state index in [2.05, 4.69) is 0 Å². The van der Waals surface area contributed by atoms with Crippen LogP contribution in [-0.2, 0) is 177 Å². The van der Waals surface area contributed by atoms with E-state index in [9.17, 15) is 91.1 Å². The van der Waals surface area contributed by atoms with Gasteiger partial charge in [-0.05, 0) is 6.42 Å². The number of carbonyl (C=O) groups excluding carboxylic acids is 16. The molecule has 1 rings (SSSR count). The molecule has 0 atom stereocenters. The highest BCUT2D eigenvalue weighted by molar-refractivity contribution is 5.74. The summed E-state index contributed by atoms with van der Waals surface area (Å²) < 4.78 is 91.0. The molecule has 0 aliphatic heterocycles. The standard InChI is InChI=1S/C28H46O13.C18H27N3O9.C17H28O8.C15H26O6/c1-7-21(29)36-15-27(16-37-22(30)8-2,17-38-23(31)9-3)13-35-14-28(18-39-24(32)10-4,19-40-25(33)11-5)20-41-26(34)12-6;1-4-13(22)28-10-7-19-16(25)20(8-11-29-14(23)5-2)18(27)21(17(19)26)9-12-30-15(24)6-3;1-5-13(18)22-9-17(10-23-14(19)6-2,11-24-15(20)7-3)12-25-16(21)8-4;1-5-12(16)19-9-15(8-4,10-20-13(17)6-2)11-21-14(18)7-3/h7-20H2,1-6H3;4-12H2,1-3H3;5-12H2,1-4H3;5-11H2,1-4H3. The van der Waals surface area contributed by atoms with Crippen LogP contribution in [0, 0.1) is 21.7 Å². The zero-order valence-electron chi connectivity index (χ0n) is 71.4. The van der Waals surface area contributed by atoms with E-state index in [0.717, 1.165) is 13.7 Å². The number of aromatic nitrogens is 3. The maximum absolute atomic E-state index is 12.6. The van der Waals surface area contributed by atoms with Crippen LogP contribution in [0.5, 0.6) is 0 Å². The first-order valence-electron chi connectivity index (χ1n) is 39.5. The van der Waals surface area contributed by atoms with E-state index >= 15 is 0 Å². The minimum atomic E-state index is -1.30. The molecule has 0 aliphatic carbocycles. The third-order valence-electron chi connectivity index (χ3n) is 16.3. The second-order valence-corrected chi connectivity index (χ2v) is 26.1. The fraction of sp³-hybridized carbons (Fsp3) is 0.756. The third-order valence-corrected chi connectivity index (χ3v) is 16.3. The minimum Gasteiger partial charge on any atom is -0.465 e. The Hall–Kier alpha value is -10.1. The first-order valence-corrected chi connectivity index (χ1v) is 39.5. The summed E-state index contributed by atoms with van der Waals surface area (Å²) in [4.78, 5) is 224. The van der Waals surface area contributed by atoms with Gasteiger partial charge in [0.1, 0.15) is 111 Å². The molecule has 0 bridgehead atoms. The Bertz CT molecular complexity index is 2990. The quantitative estimate of drug-likeness (QED) is 0.0553. The van der Waals surface area contributed by atoms with Crippen LogP contribution in [-0.4, -0.2) is 228 Å². The van der Waals surface area contributed by atoms with Crippen molar-refractivity contribution < 1.29 is 157 Å². The van der Waals surface area contributed by atoms with Crippen molar-refractivity contribution in [1.29, 1.82) is 0 Å². The molecule has 0 spiro atoms. The van der Waals surface area contributed by atoms with E-state index in [1.165, 1.54) is 0 Å². The zero-order chi connectivity index (χ0) is 89.6. The summed E-state index contributed by atoms with van der Waals surface area (Å²) in [5.41, 5.74) is -7.21. The molecule has 0 saturated carbocycles. The maximum Gasteiger partial charge on any atom is 0.336 e. The molecular weight excluding hydrogens is 1550 g/mol. The number of hydrogen-bond donors (Lipinski definition) is 0. The number of carbonyl (C=O) groups is 16. The summed E-state index contributed by atoms with van der Waals surface area (Å²) in [7, 11) is 0. The maximum atomic E-state index is 12.6. The number of ether oxygens (including phenoxy) is 17. The molecule has 0 fully saturated rings. The van der Waals surface area contributed by atoms with E-state index in [-0.39, 0.29) is 259 Å².